The topological polar surface area (TPSA) is 80.2 Å². The molecule has 0 fully saturated rings. The van der Waals surface area contributed by atoms with Crippen molar-refractivity contribution >= 4 is 18.2 Å². The number of hydrogen-bond donors (Lipinski definition) is 2. The van der Waals surface area contributed by atoms with E-state index < -0.39 is 11.4 Å². The van der Waals surface area contributed by atoms with Gasteiger partial charge in [0.15, 0.2) is 5.91 Å². The molecule has 7 heteroatoms. The number of hydrogen-bond acceptors (Lipinski definition) is 5. The molecule has 2 aliphatic heterocycles. The first kappa shape index (κ1) is 26.2. The number of phenolic OH excluding ortho intramolecular Hbond substituents is 1. The Kier molecular flexibility index (Phi) is 7.50. The quantitative estimate of drug-likeness (QED) is 0.151. The van der Waals surface area contributed by atoms with Gasteiger partial charge in [-0.2, -0.15) is 41.5 Å². The zero-order chi connectivity index (χ0) is 25.2. The van der Waals surface area contributed by atoms with Crippen molar-refractivity contribution in [3.8, 4) is 11.5 Å². The van der Waals surface area contributed by atoms with Crippen LogP contribution in [0, 0.1) is 0 Å². The van der Waals surface area contributed by atoms with Gasteiger partial charge >= 0.3 is 17.1 Å². The average Bonchev–Trinajstić information content (AvgIpc) is 3.65. The fraction of sp³-hybridized carbons (Fsp3) is 0.133. The monoisotopic (exact) mass is 534 g/mol. The summed E-state index contributed by atoms with van der Waals surface area (Å²) in [7, 11) is 0. The van der Waals surface area contributed by atoms with E-state index in [2.05, 4.69) is 10.5 Å². The molecule has 0 bridgehead atoms. The van der Waals surface area contributed by atoms with Crippen molar-refractivity contribution in [2.75, 3.05) is 0 Å². The van der Waals surface area contributed by atoms with Crippen LogP contribution in [0.5, 0.6) is 11.5 Å². The predicted molar refractivity (Wildman–Crippen MR) is 139 cm³/mol. The zero-order valence-corrected chi connectivity index (χ0v) is 21.5. The summed E-state index contributed by atoms with van der Waals surface area (Å²) in [4.78, 5) is 12.1. The molecule has 1 amide bonds. The van der Waals surface area contributed by atoms with E-state index in [1.165, 1.54) is 6.21 Å². The molecule has 188 valence electrons. The number of hydrazone groups is 1. The summed E-state index contributed by atoms with van der Waals surface area (Å²) in [5.41, 5.74) is 5.52. The van der Waals surface area contributed by atoms with Gasteiger partial charge in [0.1, 0.15) is 11.5 Å². The summed E-state index contributed by atoms with van der Waals surface area (Å²) >= 11 is 0. The van der Waals surface area contributed by atoms with Crippen molar-refractivity contribution < 1.29 is 36.4 Å². The Balaban J connectivity index is 0.000000479. The molecule has 6 nitrogen and oxygen atoms in total. The number of aromatic hydroxyl groups is 1. The average molecular weight is 534 g/mol. The summed E-state index contributed by atoms with van der Waals surface area (Å²) in [6.07, 6.45) is 5.18. The number of benzene rings is 2. The van der Waals surface area contributed by atoms with Crippen LogP contribution in [-0.4, -0.2) is 17.2 Å². The largest absolute Gasteiger partial charge is 2.00 e. The minimum absolute atomic E-state index is 0. The molecule has 0 saturated carbocycles. The molecule has 37 heavy (non-hydrogen) atoms. The molecule has 4 aromatic carbocycles. The van der Waals surface area contributed by atoms with Crippen LogP contribution >= 0.6 is 0 Å². The van der Waals surface area contributed by atoms with Crippen molar-refractivity contribution in [1.29, 1.82) is 0 Å². The number of rotatable bonds is 3. The van der Waals surface area contributed by atoms with E-state index in [4.69, 9.17) is 9.47 Å². The van der Waals surface area contributed by atoms with Crippen LogP contribution in [-0.2, 0) is 33.2 Å². The first-order chi connectivity index (χ1) is 17.4. The van der Waals surface area contributed by atoms with Crippen molar-refractivity contribution in [3.63, 3.8) is 0 Å². The number of ether oxygens (including phenoxy) is 2. The van der Waals surface area contributed by atoms with Crippen LogP contribution in [0.3, 0.4) is 0 Å². The van der Waals surface area contributed by atoms with Gasteiger partial charge in [-0.3, -0.25) is 5.43 Å². The van der Waals surface area contributed by atoms with Crippen LogP contribution in [0.25, 0.3) is 6.08 Å². The maximum atomic E-state index is 12.1. The molecule has 1 spiro atoms. The van der Waals surface area contributed by atoms with E-state index >= 15 is 0 Å². The third-order valence-electron chi connectivity index (χ3n) is 6.14. The number of fused-ring (bicyclic) bond motifs is 3. The Hall–Kier alpha value is -3.90. The smallest absolute Gasteiger partial charge is 0.507 e. The van der Waals surface area contributed by atoms with Gasteiger partial charge in [0.05, 0.1) is 17.4 Å². The van der Waals surface area contributed by atoms with E-state index in [1.54, 1.807) is 36.4 Å². The van der Waals surface area contributed by atoms with Gasteiger partial charge in [-0.05, 0) is 43.7 Å². The Morgan fingerprint density at radius 2 is 1.76 bits per heavy atom. The summed E-state index contributed by atoms with van der Waals surface area (Å²) in [5, 5.41) is 14.5. The number of nitrogens with zero attached hydrogens (tertiary/aromatic N) is 1. The molecular weight excluding hydrogens is 508 g/mol. The number of amides is 1. The Bertz CT molecular complexity index is 1400. The summed E-state index contributed by atoms with van der Waals surface area (Å²) in [6.45, 7) is 3.99. The standard InChI is InChI=1S/C25H21N2O4.C5H5.Fe/c1-24(2)19-9-5-6-10-20(19)25(31-24)14-13-16-11-12-21(28)18(22(16)30-25)15-26-27-23(29)17-7-3-4-8-17;1-2-4-5-3-1;/h3-15,28H,1-2H3,(H,27,29);1-5H;/q2*-1;+2. The third-order valence-corrected chi connectivity index (χ3v) is 6.14. The van der Waals surface area contributed by atoms with Gasteiger partial charge < -0.3 is 19.4 Å². The number of phenols is 1. The molecule has 1 unspecified atom stereocenters. The van der Waals surface area contributed by atoms with Gasteiger partial charge in [0.2, 0.25) is 0 Å². The van der Waals surface area contributed by atoms with Gasteiger partial charge in [-0.1, -0.05) is 29.8 Å². The van der Waals surface area contributed by atoms with E-state index in [0.717, 1.165) is 16.7 Å². The minimum atomic E-state index is -1.11. The Labute approximate surface area is 226 Å². The normalized spacial score (nSPS) is 18.2. The van der Waals surface area contributed by atoms with Crippen molar-refractivity contribution in [2.45, 2.75) is 25.2 Å². The molecule has 0 saturated heterocycles. The maximum absolute atomic E-state index is 12.1. The Morgan fingerprint density at radius 3 is 2.43 bits per heavy atom. The van der Waals surface area contributed by atoms with Crippen LogP contribution < -0.4 is 10.2 Å². The summed E-state index contributed by atoms with van der Waals surface area (Å²) in [5.74, 6) is -1.03. The molecule has 2 aliphatic rings. The Morgan fingerprint density at radius 1 is 1.00 bits per heavy atom. The molecule has 4 aromatic rings. The molecule has 6 rings (SSSR count). The first-order valence-electron chi connectivity index (χ1n) is 11.7. The van der Waals surface area contributed by atoms with Crippen LogP contribution in [0.15, 0.2) is 102 Å². The second-order valence-electron chi connectivity index (χ2n) is 9.01. The summed E-state index contributed by atoms with van der Waals surface area (Å²) < 4.78 is 12.8. The fourth-order valence-corrected chi connectivity index (χ4v) is 4.43. The van der Waals surface area contributed by atoms with E-state index in [-0.39, 0.29) is 28.7 Å². The third kappa shape index (κ3) is 5.16. The number of carbonyl (C=O) groups is 1. The predicted octanol–water partition coefficient (Wildman–Crippen LogP) is 5.80. The molecule has 0 aromatic heterocycles. The van der Waals surface area contributed by atoms with E-state index in [9.17, 15) is 9.90 Å². The second kappa shape index (κ2) is 10.6. The summed E-state index contributed by atoms with van der Waals surface area (Å²) in [6, 6.07) is 28.2. The van der Waals surface area contributed by atoms with Crippen molar-refractivity contribution in [1.82, 2.24) is 5.43 Å². The van der Waals surface area contributed by atoms with Gasteiger partial charge in [-0.25, -0.2) is 12.1 Å². The SMILES string of the molecule is CC1(C)OC2(C=Cc3ccc(O)c(C=NNC(=O)c4ccc[cH-]4)c3O2)c2ccccc21.[Fe+2].c1cc[cH-]c1. The molecular formula is C30H26FeN2O4. The minimum Gasteiger partial charge on any atom is -0.507 e. The molecule has 2 N–H and O–H groups in total. The van der Waals surface area contributed by atoms with E-state index in [0.29, 0.717) is 16.9 Å². The van der Waals surface area contributed by atoms with E-state index in [1.807, 2.05) is 80.6 Å². The van der Waals surface area contributed by atoms with Crippen LogP contribution in [0.2, 0.25) is 0 Å². The van der Waals surface area contributed by atoms with Gasteiger partial charge in [-0.15, -0.1) is 6.07 Å². The van der Waals surface area contributed by atoms with Gasteiger partial charge in [0.25, 0.3) is 5.79 Å². The van der Waals surface area contributed by atoms with Crippen molar-refractivity contribution in [2.24, 2.45) is 5.10 Å². The zero-order valence-electron chi connectivity index (χ0n) is 20.4. The maximum Gasteiger partial charge on any atom is 2.00 e. The second-order valence-corrected chi connectivity index (χ2v) is 9.01. The molecule has 0 aliphatic carbocycles. The first-order valence-corrected chi connectivity index (χ1v) is 11.7. The fourth-order valence-electron chi connectivity index (χ4n) is 4.43. The van der Waals surface area contributed by atoms with Crippen LogP contribution in [0.4, 0.5) is 0 Å². The molecule has 2 heterocycles. The van der Waals surface area contributed by atoms with Crippen LogP contribution in [0.1, 0.15) is 46.5 Å². The molecule has 1 atom stereocenters. The van der Waals surface area contributed by atoms with Gasteiger partial charge in [0, 0.05) is 11.1 Å². The number of nitrogens with one attached hydrogen (secondary N) is 1. The van der Waals surface area contributed by atoms with Crippen molar-refractivity contribution in [3.05, 3.63) is 125 Å². The number of carbonyl (C=O) groups excluding carboxylic acids is 1. The molecule has 0 radical (unpaired) electrons.